The van der Waals surface area contributed by atoms with Gasteiger partial charge in [0.15, 0.2) is 5.78 Å². The number of anilines is 1. The maximum absolute atomic E-state index is 13.0. The molecule has 2 aromatic heterocycles. The molecule has 5 aromatic rings. The molecule has 0 bridgehead atoms. The Hall–Kier alpha value is -4.37. The lowest BCUT2D eigenvalue weighted by atomic mass is 10.1. The topological polar surface area (TPSA) is 94.3 Å². The van der Waals surface area contributed by atoms with Crippen molar-refractivity contribution in [2.75, 3.05) is 5.23 Å². The molecular weight excluding hydrogens is 472 g/mol. The van der Waals surface area contributed by atoms with Gasteiger partial charge in [-0.25, -0.2) is 9.67 Å². The minimum absolute atomic E-state index is 0.0854. The molecule has 0 saturated heterocycles. The minimum atomic E-state index is -0.211. The third-order valence-corrected chi connectivity index (χ3v) is 6.70. The van der Waals surface area contributed by atoms with Crippen LogP contribution in [0.25, 0.3) is 33.7 Å². The second-order valence-corrected chi connectivity index (χ2v) is 9.01. The lowest BCUT2D eigenvalue weighted by molar-refractivity contribution is 0.105. The van der Waals surface area contributed by atoms with Crippen molar-refractivity contribution in [2.24, 2.45) is 0 Å². The second-order valence-electron chi connectivity index (χ2n) is 8.04. The molecule has 0 atom stereocenters. The first-order chi connectivity index (χ1) is 17.5. The highest BCUT2D eigenvalue weighted by Gasteiger charge is 2.19. The van der Waals surface area contributed by atoms with Gasteiger partial charge in [-0.1, -0.05) is 90.2 Å². The molecule has 178 valence electrons. The SMILES string of the molecule is Cc1nc(-n2nc(-c3ccccc3)cc2-c2ccccc2)sc1C(=O)/C=C\c1cccc(N([O-])O)c1. The standard InChI is InChI=1S/C28H21N4O3S/c1-19-27(26(33)16-15-20-9-8-14-23(17-20)32(34)35)36-28(29-19)31-25(22-12-6-3-7-13-22)18-24(30-31)21-10-4-2-5-11-21/h2-18,34H,1H3/q-1/b16-15-. The fourth-order valence-electron chi connectivity index (χ4n) is 3.79. The van der Waals surface area contributed by atoms with Crippen molar-refractivity contribution in [3.63, 3.8) is 0 Å². The number of carbonyl (C=O) groups excluding carboxylic acids is 1. The third-order valence-electron chi connectivity index (χ3n) is 5.56. The van der Waals surface area contributed by atoms with Crippen LogP contribution in [-0.4, -0.2) is 25.8 Å². The van der Waals surface area contributed by atoms with Crippen LogP contribution in [0, 0.1) is 12.1 Å². The van der Waals surface area contributed by atoms with E-state index in [1.54, 1.807) is 29.8 Å². The third kappa shape index (κ3) is 4.87. The first-order valence-electron chi connectivity index (χ1n) is 11.2. The summed E-state index contributed by atoms with van der Waals surface area (Å²) in [4.78, 5) is 18.2. The van der Waals surface area contributed by atoms with Crippen LogP contribution >= 0.6 is 11.3 Å². The average molecular weight is 494 g/mol. The Kier molecular flexibility index (Phi) is 6.55. The number of ketones is 1. The molecule has 0 aliphatic carbocycles. The molecule has 36 heavy (non-hydrogen) atoms. The van der Waals surface area contributed by atoms with Crippen molar-refractivity contribution in [2.45, 2.75) is 6.92 Å². The normalized spacial score (nSPS) is 11.2. The van der Waals surface area contributed by atoms with Gasteiger partial charge in [0, 0.05) is 11.1 Å². The molecule has 5 rings (SSSR count). The molecule has 0 spiro atoms. The maximum atomic E-state index is 13.0. The summed E-state index contributed by atoms with van der Waals surface area (Å²) < 4.78 is 1.78. The summed E-state index contributed by atoms with van der Waals surface area (Å²) in [5.74, 6) is -0.207. The predicted octanol–water partition coefficient (Wildman–Crippen LogP) is 6.56. The van der Waals surface area contributed by atoms with Crippen LogP contribution in [0.15, 0.2) is 97.1 Å². The van der Waals surface area contributed by atoms with Gasteiger partial charge in [0.1, 0.15) is 0 Å². The Morgan fingerprint density at radius 3 is 2.36 bits per heavy atom. The van der Waals surface area contributed by atoms with Crippen LogP contribution in [0.3, 0.4) is 0 Å². The Morgan fingerprint density at radius 2 is 1.67 bits per heavy atom. The Labute approximate surface area is 211 Å². The van der Waals surface area contributed by atoms with Crippen LogP contribution in [0.4, 0.5) is 5.69 Å². The molecular formula is C28H21N4O3S-. The quantitative estimate of drug-likeness (QED) is 0.157. The summed E-state index contributed by atoms with van der Waals surface area (Å²) in [5.41, 5.74) is 4.97. The molecule has 0 unspecified atom stereocenters. The minimum Gasteiger partial charge on any atom is -0.733 e. The zero-order valence-corrected chi connectivity index (χ0v) is 20.1. The zero-order valence-electron chi connectivity index (χ0n) is 19.3. The highest BCUT2D eigenvalue weighted by Crippen LogP contribution is 2.31. The van der Waals surface area contributed by atoms with Gasteiger partial charge in [-0.3, -0.25) is 10.0 Å². The lowest BCUT2D eigenvalue weighted by Crippen LogP contribution is -2.06. The lowest BCUT2D eigenvalue weighted by Gasteiger charge is -2.21. The molecule has 0 amide bonds. The van der Waals surface area contributed by atoms with E-state index in [-0.39, 0.29) is 16.7 Å². The first-order valence-corrected chi connectivity index (χ1v) is 12.0. The average Bonchev–Trinajstić information content (AvgIpc) is 3.52. The first kappa shape index (κ1) is 23.4. The summed E-state index contributed by atoms with van der Waals surface area (Å²) in [6.07, 6.45) is 3.04. The van der Waals surface area contributed by atoms with E-state index in [1.807, 2.05) is 66.7 Å². The number of aryl methyl sites for hydroxylation is 1. The van der Waals surface area contributed by atoms with Crippen molar-refractivity contribution >= 4 is 28.9 Å². The fraction of sp³-hybridized carbons (Fsp3) is 0.0357. The smallest absolute Gasteiger partial charge is 0.211 e. The van der Waals surface area contributed by atoms with E-state index in [9.17, 15) is 10.0 Å². The molecule has 7 nitrogen and oxygen atoms in total. The molecule has 8 heteroatoms. The van der Waals surface area contributed by atoms with Gasteiger partial charge in [-0.05, 0) is 36.8 Å². The van der Waals surface area contributed by atoms with Crippen molar-refractivity contribution in [1.82, 2.24) is 14.8 Å². The predicted molar refractivity (Wildman–Crippen MR) is 142 cm³/mol. The van der Waals surface area contributed by atoms with E-state index in [0.29, 0.717) is 21.3 Å². The number of allylic oxidation sites excluding steroid dienone is 1. The molecule has 3 aromatic carbocycles. The van der Waals surface area contributed by atoms with Gasteiger partial charge < -0.3 is 10.4 Å². The highest BCUT2D eigenvalue weighted by atomic mass is 32.1. The van der Waals surface area contributed by atoms with E-state index in [1.165, 1.54) is 29.5 Å². The number of aromatic nitrogens is 3. The number of hydrogen-bond acceptors (Lipinski definition) is 7. The van der Waals surface area contributed by atoms with E-state index in [4.69, 9.17) is 10.3 Å². The number of benzene rings is 3. The van der Waals surface area contributed by atoms with E-state index >= 15 is 0 Å². The van der Waals surface area contributed by atoms with Crippen LogP contribution in [-0.2, 0) is 0 Å². The van der Waals surface area contributed by atoms with Crippen LogP contribution in [0.1, 0.15) is 20.9 Å². The van der Waals surface area contributed by atoms with Crippen LogP contribution in [0.5, 0.6) is 0 Å². The molecule has 1 N–H and O–H groups in total. The van der Waals surface area contributed by atoms with Crippen molar-refractivity contribution in [1.29, 1.82) is 0 Å². The largest absolute Gasteiger partial charge is 0.733 e. The molecule has 0 aliphatic rings. The van der Waals surface area contributed by atoms with E-state index < -0.39 is 0 Å². The summed E-state index contributed by atoms with van der Waals surface area (Å²) in [6.45, 7) is 1.80. The zero-order chi connectivity index (χ0) is 25.1. The summed E-state index contributed by atoms with van der Waals surface area (Å²) >= 11 is 1.27. The molecule has 2 heterocycles. The van der Waals surface area contributed by atoms with E-state index in [2.05, 4.69) is 4.98 Å². The Morgan fingerprint density at radius 1 is 0.972 bits per heavy atom. The maximum Gasteiger partial charge on any atom is 0.211 e. The van der Waals surface area contributed by atoms with Gasteiger partial charge in [0.2, 0.25) is 5.13 Å². The summed E-state index contributed by atoms with van der Waals surface area (Å²) in [7, 11) is 0. The monoisotopic (exact) mass is 493 g/mol. The summed E-state index contributed by atoms with van der Waals surface area (Å²) in [6, 6.07) is 28.2. The number of thiazole rings is 1. The van der Waals surface area contributed by atoms with Gasteiger partial charge in [0.05, 0.1) is 27.6 Å². The Balaban J connectivity index is 1.50. The molecule has 0 aliphatic heterocycles. The Bertz CT molecular complexity index is 1540. The van der Waals surface area contributed by atoms with Gasteiger partial charge >= 0.3 is 0 Å². The van der Waals surface area contributed by atoms with Crippen LogP contribution < -0.4 is 5.23 Å². The van der Waals surface area contributed by atoms with Gasteiger partial charge in [-0.2, -0.15) is 5.10 Å². The summed E-state index contributed by atoms with van der Waals surface area (Å²) in [5, 5.41) is 25.4. The van der Waals surface area contributed by atoms with Crippen molar-refractivity contribution in [3.8, 4) is 27.6 Å². The van der Waals surface area contributed by atoms with Crippen molar-refractivity contribution in [3.05, 3.63) is 118 Å². The van der Waals surface area contributed by atoms with Crippen LogP contribution in [0.2, 0.25) is 0 Å². The fourth-order valence-corrected chi connectivity index (χ4v) is 4.74. The highest BCUT2D eigenvalue weighted by molar-refractivity contribution is 7.16. The second kappa shape index (κ2) is 10.1. The molecule has 0 fully saturated rings. The van der Waals surface area contributed by atoms with Gasteiger partial charge in [-0.15, -0.1) is 0 Å². The number of nitrogens with zero attached hydrogens (tertiary/aromatic N) is 4. The number of rotatable bonds is 7. The molecule has 0 saturated carbocycles. The number of hydrogen-bond donors (Lipinski definition) is 1. The van der Waals surface area contributed by atoms with E-state index in [0.717, 1.165) is 22.5 Å². The van der Waals surface area contributed by atoms with Gasteiger partial charge in [0.25, 0.3) is 0 Å². The molecule has 0 radical (unpaired) electrons. The number of carbonyl (C=O) groups is 1. The van der Waals surface area contributed by atoms with Crippen molar-refractivity contribution < 1.29 is 10.0 Å².